The van der Waals surface area contributed by atoms with Crippen molar-refractivity contribution in [1.29, 1.82) is 0 Å². The predicted molar refractivity (Wildman–Crippen MR) is 115 cm³/mol. The number of urea groups is 1. The number of nitrogens with one attached hydrogen (secondary N) is 1. The number of nitrogens with zero attached hydrogens (tertiary/aromatic N) is 3. The maximum atomic E-state index is 12.9. The molecule has 0 aromatic heterocycles. The van der Waals surface area contributed by atoms with Gasteiger partial charge in [0.1, 0.15) is 0 Å². The zero-order chi connectivity index (χ0) is 21.7. The maximum Gasteiger partial charge on any atom is 0.321 e. The first-order valence-corrected chi connectivity index (χ1v) is 12.4. The van der Waals surface area contributed by atoms with Gasteiger partial charge in [-0.05, 0) is 37.0 Å². The average molecular weight is 435 g/mol. The van der Waals surface area contributed by atoms with Crippen LogP contribution in [0.1, 0.15) is 25.3 Å². The lowest BCUT2D eigenvalue weighted by molar-refractivity contribution is -0.133. The Labute approximate surface area is 178 Å². The largest absolute Gasteiger partial charge is 0.339 e. The van der Waals surface area contributed by atoms with Gasteiger partial charge in [0.2, 0.25) is 15.9 Å². The summed E-state index contributed by atoms with van der Waals surface area (Å²) in [4.78, 5) is 29.2. The smallest absolute Gasteiger partial charge is 0.321 e. The molecule has 3 heterocycles. The summed E-state index contributed by atoms with van der Waals surface area (Å²) < 4.78 is 25.5. The van der Waals surface area contributed by atoms with E-state index < -0.39 is 10.0 Å². The summed E-state index contributed by atoms with van der Waals surface area (Å²) in [6.45, 7) is 3.82. The van der Waals surface area contributed by atoms with E-state index in [4.69, 9.17) is 0 Å². The van der Waals surface area contributed by atoms with Crippen molar-refractivity contribution in [3.8, 4) is 0 Å². The molecule has 0 bridgehead atoms. The molecule has 3 amide bonds. The topological polar surface area (TPSA) is 90.0 Å². The second kappa shape index (κ2) is 7.53. The molecule has 1 spiro atoms. The Morgan fingerprint density at radius 2 is 1.80 bits per heavy atom. The van der Waals surface area contributed by atoms with Crippen LogP contribution in [0.3, 0.4) is 0 Å². The van der Waals surface area contributed by atoms with E-state index in [0.29, 0.717) is 32.5 Å². The van der Waals surface area contributed by atoms with Gasteiger partial charge in [0.15, 0.2) is 0 Å². The summed E-state index contributed by atoms with van der Waals surface area (Å²) in [6.07, 6.45) is 3.48. The molecule has 8 nitrogen and oxygen atoms in total. The Morgan fingerprint density at radius 1 is 1.17 bits per heavy atom. The lowest BCUT2D eigenvalue weighted by Crippen LogP contribution is -2.57. The number of aryl methyl sites for hydroxylation is 1. The van der Waals surface area contributed by atoms with Crippen LogP contribution in [-0.4, -0.2) is 79.5 Å². The molecule has 0 saturated carbocycles. The molecule has 3 aliphatic heterocycles. The summed E-state index contributed by atoms with van der Waals surface area (Å²) in [5.74, 6) is -0.265. The fourth-order valence-electron chi connectivity index (χ4n) is 5.38. The predicted octanol–water partition coefficient (Wildman–Crippen LogP) is 1.60. The van der Waals surface area contributed by atoms with E-state index in [2.05, 4.69) is 12.2 Å². The monoisotopic (exact) mass is 434 g/mol. The summed E-state index contributed by atoms with van der Waals surface area (Å²) >= 11 is 0. The number of hydrogen-bond acceptors (Lipinski definition) is 4. The Morgan fingerprint density at radius 3 is 2.37 bits per heavy atom. The quantitative estimate of drug-likeness (QED) is 0.782. The standard InChI is InChI=1S/C21H30N4O4S/c1-4-15-5-7-16(8-6-15)22-20(27)24-11-9-21(10-12-24)18-14-25(30(3,28)29)13-17(18)19(26)23(21)2/h5-8,17-18H,4,9-14H2,1-3H3,(H,22,27)/t17-,18+/m1/s1. The van der Waals surface area contributed by atoms with Crippen LogP contribution in [0.4, 0.5) is 10.5 Å². The molecule has 0 unspecified atom stereocenters. The minimum atomic E-state index is -3.32. The highest BCUT2D eigenvalue weighted by Crippen LogP contribution is 2.49. The van der Waals surface area contributed by atoms with Crippen LogP contribution in [-0.2, 0) is 21.2 Å². The zero-order valence-corrected chi connectivity index (χ0v) is 18.6. The third-order valence-corrected chi connectivity index (χ3v) is 8.53. The van der Waals surface area contributed by atoms with E-state index in [1.807, 2.05) is 36.2 Å². The molecule has 0 radical (unpaired) electrons. The van der Waals surface area contributed by atoms with Crippen LogP contribution in [0.25, 0.3) is 0 Å². The number of rotatable bonds is 3. The summed E-state index contributed by atoms with van der Waals surface area (Å²) in [5, 5.41) is 2.95. The number of amides is 3. The lowest BCUT2D eigenvalue weighted by atomic mass is 9.75. The summed E-state index contributed by atoms with van der Waals surface area (Å²) in [5.41, 5.74) is 1.61. The van der Waals surface area contributed by atoms with Crippen molar-refractivity contribution in [2.75, 3.05) is 44.8 Å². The van der Waals surface area contributed by atoms with E-state index in [9.17, 15) is 18.0 Å². The zero-order valence-electron chi connectivity index (χ0n) is 17.8. The van der Waals surface area contributed by atoms with E-state index >= 15 is 0 Å². The highest BCUT2D eigenvalue weighted by molar-refractivity contribution is 7.88. The Kier molecular flexibility index (Phi) is 5.30. The molecule has 9 heteroatoms. The van der Waals surface area contributed by atoms with Crippen LogP contribution in [0.15, 0.2) is 24.3 Å². The number of anilines is 1. The molecule has 30 heavy (non-hydrogen) atoms. The van der Waals surface area contributed by atoms with Gasteiger partial charge in [-0.25, -0.2) is 17.5 Å². The molecular weight excluding hydrogens is 404 g/mol. The van der Waals surface area contributed by atoms with Crippen LogP contribution in [0, 0.1) is 11.8 Å². The normalized spacial score (nSPS) is 26.3. The highest BCUT2D eigenvalue weighted by Gasteiger charge is 2.61. The number of carbonyl (C=O) groups excluding carboxylic acids is 2. The number of sulfonamides is 1. The van der Waals surface area contributed by atoms with E-state index in [0.717, 1.165) is 12.1 Å². The Hall–Kier alpha value is -2.13. The first kappa shape index (κ1) is 21.1. The molecule has 1 aromatic rings. The molecule has 1 N–H and O–H groups in total. The molecule has 3 saturated heterocycles. The average Bonchev–Trinajstić information content (AvgIpc) is 3.25. The summed E-state index contributed by atoms with van der Waals surface area (Å²) in [7, 11) is -1.49. The summed E-state index contributed by atoms with van der Waals surface area (Å²) in [6, 6.07) is 7.70. The number of piperidine rings is 1. The first-order valence-electron chi connectivity index (χ1n) is 10.5. The van der Waals surface area contributed by atoms with Crippen molar-refractivity contribution >= 4 is 27.6 Å². The first-order chi connectivity index (χ1) is 14.2. The molecule has 0 aliphatic carbocycles. The van der Waals surface area contributed by atoms with Gasteiger partial charge in [0.05, 0.1) is 17.7 Å². The fraction of sp³-hybridized carbons (Fsp3) is 0.619. The number of benzene rings is 1. The number of carbonyl (C=O) groups is 2. The van der Waals surface area contributed by atoms with Crippen molar-refractivity contribution in [2.45, 2.75) is 31.7 Å². The Bertz CT molecular complexity index is 938. The molecule has 1 aromatic carbocycles. The van der Waals surface area contributed by atoms with Gasteiger partial charge in [-0.3, -0.25) is 4.79 Å². The third kappa shape index (κ3) is 3.47. The van der Waals surface area contributed by atoms with Crippen LogP contribution < -0.4 is 5.32 Å². The highest BCUT2D eigenvalue weighted by atomic mass is 32.2. The molecule has 3 fully saturated rings. The van der Waals surface area contributed by atoms with Gasteiger partial charge in [-0.15, -0.1) is 0 Å². The number of fused-ring (bicyclic) bond motifs is 2. The number of hydrogen-bond donors (Lipinski definition) is 1. The van der Waals surface area contributed by atoms with Crippen LogP contribution >= 0.6 is 0 Å². The van der Waals surface area contributed by atoms with Crippen LogP contribution in [0.5, 0.6) is 0 Å². The second-order valence-corrected chi connectivity index (χ2v) is 10.7. The van der Waals surface area contributed by atoms with Gasteiger partial charge < -0.3 is 15.1 Å². The van der Waals surface area contributed by atoms with Crippen molar-refractivity contribution in [3.63, 3.8) is 0 Å². The molecule has 3 aliphatic rings. The van der Waals surface area contributed by atoms with Crippen molar-refractivity contribution < 1.29 is 18.0 Å². The van der Waals surface area contributed by atoms with Gasteiger partial charge in [0.25, 0.3) is 0 Å². The van der Waals surface area contributed by atoms with Crippen LogP contribution in [0.2, 0.25) is 0 Å². The second-order valence-electron chi connectivity index (χ2n) is 8.76. The van der Waals surface area contributed by atoms with Gasteiger partial charge in [0, 0.05) is 44.8 Å². The van der Waals surface area contributed by atoms with Crippen molar-refractivity contribution in [3.05, 3.63) is 29.8 Å². The molecule has 4 rings (SSSR count). The molecular formula is C21H30N4O4S. The molecule has 2 atom stereocenters. The van der Waals surface area contributed by atoms with Gasteiger partial charge in [-0.1, -0.05) is 19.1 Å². The van der Waals surface area contributed by atoms with Gasteiger partial charge in [-0.2, -0.15) is 0 Å². The minimum absolute atomic E-state index is 0.0171. The van der Waals surface area contributed by atoms with E-state index in [1.54, 1.807) is 4.90 Å². The number of likely N-dealkylation sites (tertiary alicyclic amines) is 2. The fourth-order valence-corrected chi connectivity index (χ4v) is 6.24. The van der Waals surface area contributed by atoms with Gasteiger partial charge >= 0.3 is 6.03 Å². The Balaban J connectivity index is 1.43. The SMILES string of the molecule is CCc1ccc(NC(=O)N2CCC3(CC2)[C@H]2CN(S(C)(=O)=O)C[C@H]2C(=O)N3C)cc1. The lowest BCUT2D eigenvalue weighted by Gasteiger charge is -2.46. The van der Waals surface area contributed by atoms with E-state index in [1.165, 1.54) is 16.1 Å². The molecule has 164 valence electrons. The maximum absolute atomic E-state index is 12.9. The van der Waals surface area contributed by atoms with Crippen molar-refractivity contribution in [2.24, 2.45) is 11.8 Å². The van der Waals surface area contributed by atoms with Crippen molar-refractivity contribution in [1.82, 2.24) is 14.1 Å². The third-order valence-electron chi connectivity index (χ3n) is 7.29. The van der Waals surface area contributed by atoms with E-state index in [-0.39, 0.29) is 35.9 Å². The minimum Gasteiger partial charge on any atom is -0.339 e.